The monoisotopic (exact) mass is 290 g/mol. The highest BCUT2D eigenvalue weighted by Gasteiger charge is 2.24. The molecule has 4 heteroatoms. The van der Waals surface area contributed by atoms with Gasteiger partial charge in [-0.25, -0.2) is 0 Å². The highest BCUT2D eigenvalue weighted by Crippen LogP contribution is 2.27. The number of hydrogen-bond donors (Lipinski definition) is 2. The molecule has 0 aromatic heterocycles. The molecular formula is C17H26N2O2. The maximum absolute atomic E-state index is 12.2. The highest BCUT2D eigenvalue weighted by molar-refractivity contribution is 6.02. The fraction of sp³-hybridized carbons (Fsp3) is 0.529. The second kappa shape index (κ2) is 5.88. The van der Waals surface area contributed by atoms with Crippen LogP contribution in [0.15, 0.2) is 18.2 Å². The number of rotatable bonds is 2. The van der Waals surface area contributed by atoms with E-state index in [9.17, 15) is 9.59 Å². The summed E-state index contributed by atoms with van der Waals surface area (Å²) in [7, 11) is 0. The van der Waals surface area contributed by atoms with E-state index in [0.29, 0.717) is 11.4 Å². The molecule has 0 aliphatic carbocycles. The van der Waals surface area contributed by atoms with Gasteiger partial charge in [0.2, 0.25) is 11.8 Å². The third kappa shape index (κ3) is 4.88. The summed E-state index contributed by atoms with van der Waals surface area (Å²) in [6.07, 6.45) is 0. The van der Waals surface area contributed by atoms with Gasteiger partial charge in [0, 0.05) is 10.8 Å². The van der Waals surface area contributed by atoms with Crippen molar-refractivity contribution in [3.63, 3.8) is 0 Å². The molecule has 0 atom stereocenters. The molecule has 0 saturated heterocycles. The summed E-state index contributed by atoms with van der Waals surface area (Å²) >= 11 is 0. The summed E-state index contributed by atoms with van der Waals surface area (Å²) in [4.78, 5) is 24.3. The molecule has 116 valence electrons. The van der Waals surface area contributed by atoms with Crippen molar-refractivity contribution in [1.29, 1.82) is 0 Å². The lowest BCUT2D eigenvalue weighted by atomic mass is 9.94. The van der Waals surface area contributed by atoms with E-state index < -0.39 is 10.8 Å². The molecule has 21 heavy (non-hydrogen) atoms. The number of carbonyl (C=O) groups excluding carboxylic acids is 2. The maximum atomic E-state index is 12.2. The van der Waals surface area contributed by atoms with Gasteiger partial charge in [-0.1, -0.05) is 47.6 Å². The number of hydrogen-bond acceptors (Lipinski definition) is 2. The molecule has 4 nitrogen and oxygen atoms in total. The second-order valence-electron chi connectivity index (χ2n) is 7.46. The van der Waals surface area contributed by atoms with Crippen molar-refractivity contribution in [2.75, 3.05) is 10.6 Å². The normalized spacial score (nSPS) is 12.0. The van der Waals surface area contributed by atoms with E-state index in [1.165, 1.54) is 0 Å². The van der Waals surface area contributed by atoms with Crippen molar-refractivity contribution in [3.8, 4) is 0 Å². The summed E-state index contributed by atoms with van der Waals surface area (Å²) in [5.74, 6) is -0.169. The molecule has 0 spiro atoms. The minimum atomic E-state index is -0.491. The summed E-state index contributed by atoms with van der Waals surface area (Å²) < 4.78 is 0. The summed E-state index contributed by atoms with van der Waals surface area (Å²) in [6.45, 7) is 13.1. The van der Waals surface area contributed by atoms with Crippen molar-refractivity contribution in [2.24, 2.45) is 10.8 Å². The Morgan fingerprint density at radius 1 is 0.810 bits per heavy atom. The number of nitrogens with one attached hydrogen (secondary N) is 2. The van der Waals surface area contributed by atoms with Crippen LogP contribution in [0.2, 0.25) is 0 Å². The van der Waals surface area contributed by atoms with Crippen LogP contribution < -0.4 is 10.6 Å². The predicted octanol–water partition coefficient (Wildman–Crippen LogP) is 3.96. The molecule has 0 heterocycles. The van der Waals surface area contributed by atoms with Crippen LogP contribution in [0.5, 0.6) is 0 Å². The molecule has 2 amide bonds. The Bertz CT molecular complexity index is 549. The zero-order valence-electron chi connectivity index (χ0n) is 14.0. The van der Waals surface area contributed by atoms with Gasteiger partial charge in [-0.15, -0.1) is 0 Å². The van der Waals surface area contributed by atoms with Crippen molar-refractivity contribution >= 4 is 23.2 Å². The molecule has 0 bridgehead atoms. The number of aryl methyl sites for hydroxylation is 1. The van der Waals surface area contributed by atoms with Crippen LogP contribution in [0.25, 0.3) is 0 Å². The third-order valence-corrected chi connectivity index (χ3v) is 3.03. The van der Waals surface area contributed by atoms with E-state index in [-0.39, 0.29) is 11.8 Å². The molecule has 0 aliphatic heterocycles. The summed E-state index contributed by atoms with van der Waals surface area (Å²) in [5, 5.41) is 5.78. The molecule has 1 aromatic carbocycles. The Balaban J connectivity index is 3.06. The highest BCUT2D eigenvalue weighted by atomic mass is 16.2. The quantitative estimate of drug-likeness (QED) is 0.866. The predicted molar refractivity (Wildman–Crippen MR) is 87.3 cm³/mol. The minimum Gasteiger partial charge on any atom is -0.324 e. The largest absolute Gasteiger partial charge is 0.324 e. The Morgan fingerprint density at radius 2 is 1.24 bits per heavy atom. The minimum absolute atomic E-state index is 0.0839. The Kier molecular flexibility index (Phi) is 4.82. The molecule has 2 N–H and O–H groups in total. The van der Waals surface area contributed by atoms with Crippen LogP contribution in [0, 0.1) is 17.8 Å². The lowest BCUT2D eigenvalue weighted by Gasteiger charge is -2.22. The standard InChI is InChI=1S/C17H26N2O2/c1-11-8-9-12(18-14(20)16(2,3)4)13(10-11)19-15(21)17(5,6)7/h8-10H,1-7H3,(H,18,20)(H,19,21). The number of carbonyl (C=O) groups is 2. The molecule has 0 aliphatic rings. The van der Waals surface area contributed by atoms with E-state index in [1.807, 2.05) is 66.7 Å². The van der Waals surface area contributed by atoms with Gasteiger partial charge in [0.25, 0.3) is 0 Å². The van der Waals surface area contributed by atoms with Crippen molar-refractivity contribution in [3.05, 3.63) is 23.8 Å². The lowest BCUT2D eigenvalue weighted by Crippen LogP contribution is -2.30. The van der Waals surface area contributed by atoms with E-state index >= 15 is 0 Å². The molecule has 1 aromatic rings. The Hall–Kier alpha value is -1.84. The Labute approximate surface area is 127 Å². The molecule has 0 unspecified atom stereocenters. The first-order valence-electron chi connectivity index (χ1n) is 7.15. The topological polar surface area (TPSA) is 58.2 Å². The maximum Gasteiger partial charge on any atom is 0.229 e. The number of amides is 2. The molecule has 0 fully saturated rings. The fourth-order valence-corrected chi connectivity index (χ4v) is 1.49. The average Bonchev–Trinajstić information content (AvgIpc) is 2.29. The van der Waals surface area contributed by atoms with Crippen LogP contribution in [0.3, 0.4) is 0 Å². The van der Waals surface area contributed by atoms with Crippen molar-refractivity contribution < 1.29 is 9.59 Å². The van der Waals surface area contributed by atoms with Crippen LogP contribution >= 0.6 is 0 Å². The fourth-order valence-electron chi connectivity index (χ4n) is 1.49. The average molecular weight is 290 g/mol. The van der Waals surface area contributed by atoms with E-state index in [1.54, 1.807) is 0 Å². The van der Waals surface area contributed by atoms with Crippen LogP contribution in [-0.4, -0.2) is 11.8 Å². The second-order valence-corrected chi connectivity index (χ2v) is 7.46. The Morgan fingerprint density at radius 3 is 1.67 bits per heavy atom. The van der Waals surface area contributed by atoms with Crippen molar-refractivity contribution in [1.82, 2.24) is 0 Å². The first kappa shape index (κ1) is 17.2. The lowest BCUT2D eigenvalue weighted by molar-refractivity contribution is -0.124. The van der Waals surface area contributed by atoms with E-state index in [4.69, 9.17) is 0 Å². The smallest absolute Gasteiger partial charge is 0.229 e. The van der Waals surface area contributed by atoms with Gasteiger partial charge in [-0.3, -0.25) is 9.59 Å². The van der Waals surface area contributed by atoms with Gasteiger partial charge < -0.3 is 10.6 Å². The molecule has 1 rings (SSSR count). The first-order chi connectivity index (χ1) is 9.41. The molecular weight excluding hydrogens is 264 g/mol. The summed E-state index contributed by atoms with van der Waals surface area (Å²) in [5.41, 5.74) is 1.30. The van der Waals surface area contributed by atoms with Gasteiger partial charge in [-0.2, -0.15) is 0 Å². The zero-order valence-corrected chi connectivity index (χ0v) is 14.0. The van der Waals surface area contributed by atoms with Crippen LogP contribution in [0.4, 0.5) is 11.4 Å². The number of anilines is 2. The third-order valence-electron chi connectivity index (χ3n) is 3.03. The van der Waals surface area contributed by atoms with Gasteiger partial charge in [0.05, 0.1) is 11.4 Å². The van der Waals surface area contributed by atoms with Gasteiger partial charge in [0.15, 0.2) is 0 Å². The van der Waals surface area contributed by atoms with Gasteiger partial charge >= 0.3 is 0 Å². The first-order valence-corrected chi connectivity index (χ1v) is 7.15. The van der Waals surface area contributed by atoms with Crippen LogP contribution in [0.1, 0.15) is 47.1 Å². The summed E-state index contributed by atoms with van der Waals surface area (Å²) in [6, 6.07) is 5.59. The number of benzene rings is 1. The molecule has 0 radical (unpaired) electrons. The van der Waals surface area contributed by atoms with Crippen molar-refractivity contribution in [2.45, 2.75) is 48.5 Å². The van der Waals surface area contributed by atoms with Gasteiger partial charge in [-0.05, 0) is 24.6 Å². The SMILES string of the molecule is Cc1ccc(NC(=O)C(C)(C)C)c(NC(=O)C(C)(C)C)c1. The molecule has 0 saturated carbocycles. The van der Waals surface area contributed by atoms with Gasteiger partial charge in [0.1, 0.15) is 0 Å². The van der Waals surface area contributed by atoms with E-state index in [0.717, 1.165) is 5.56 Å². The van der Waals surface area contributed by atoms with E-state index in [2.05, 4.69) is 10.6 Å². The van der Waals surface area contributed by atoms with Crippen LogP contribution in [-0.2, 0) is 9.59 Å². The zero-order chi connectivity index (χ0) is 16.4.